The minimum atomic E-state index is -0.0168. The number of rotatable bonds is 3. The van der Waals surface area contributed by atoms with Crippen LogP contribution in [0.3, 0.4) is 0 Å². The van der Waals surface area contributed by atoms with Gasteiger partial charge in [0.15, 0.2) is 0 Å². The predicted molar refractivity (Wildman–Crippen MR) is 67.0 cm³/mol. The molecule has 0 aliphatic heterocycles. The minimum absolute atomic E-state index is 0.0168. The summed E-state index contributed by atoms with van der Waals surface area (Å²) in [5, 5.41) is 0. The van der Waals surface area contributed by atoms with Gasteiger partial charge in [0.1, 0.15) is 0 Å². The Kier molecular flexibility index (Phi) is 3.40. The Balaban J connectivity index is 2.40. The van der Waals surface area contributed by atoms with Gasteiger partial charge in [0, 0.05) is 9.13 Å². The lowest BCUT2D eigenvalue weighted by atomic mass is 10.0. The van der Waals surface area contributed by atoms with E-state index in [-0.39, 0.29) is 6.04 Å². The van der Waals surface area contributed by atoms with E-state index in [2.05, 4.69) is 40.1 Å². The molecule has 2 aromatic rings. The summed E-state index contributed by atoms with van der Waals surface area (Å²) in [6.07, 6.45) is 3.35. The van der Waals surface area contributed by atoms with Gasteiger partial charge in [0.2, 0.25) is 0 Å². The van der Waals surface area contributed by atoms with Crippen LogP contribution >= 0.6 is 22.6 Å². The van der Waals surface area contributed by atoms with E-state index >= 15 is 0 Å². The molecule has 0 saturated carbocycles. The third kappa shape index (κ3) is 2.22. The lowest BCUT2D eigenvalue weighted by molar-refractivity contribution is 0.553. The fourth-order valence-electron chi connectivity index (χ4n) is 1.51. The largest absolute Gasteiger partial charge is 0.472 e. The topological polar surface area (TPSA) is 51.2 Å². The Hall–Kier alpha value is -0.850. The first-order valence-corrected chi connectivity index (χ1v) is 5.63. The van der Waals surface area contributed by atoms with Crippen molar-refractivity contribution in [3.8, 4) is 0 Å². The van der Waals surface area contributed by atoms with E-state index < -0.39 is 0 Å². The molecule has 1 aromatic heterocycles. The van der Waals surface area contributed by atoms with Crippen LogP contribution in [-0.4, -0.2) is 0 Å². The fraction of sp³-hybridized carbons (Fsp3) is 0.0909. The molecule has 0 aliphatic rings. The quantitative estimate of drug-likeness (QED) is 0.520. The van der Waals surface area contributed by atoms with Gasteiger partial charge >= 0.3 is 0 Å². The molecule has 78 valence electrons. The van der Waals surface area contributed by atoms with Crippen LogP contribution in [0.4, 0.5) is 0 Å². The molecule has 0 amide bonds. The van der Waals surface area contributed by atoms with Gasteiger partial charge in [-0.2, -0.15) is 0 Å². The second kappa shape index (κ2) is 4.78. The van der Waals surface area contributed by atoms with Gasteiger partial charge in [0.25, 0.3) is 0 Å². The Morgan fingerprint density at radius 1 is 1.27 bits per heavy atom. The molecule has 3 nitrogen and oxygen atoms in total. The Morgan fingerprint density at radius 3 is 2.67 bits per heavy atom. The molecule has 1 unspecified atom stereocenters. The van der Waals surface area contributed by atoms with Crippen molar-refractivity contribution in [1.29, 1.82) is 0 Å². The minimum Gasteiger partial charge on any atom is -0.472 e. The van der Waals surface area contributed by atoms with E-state index in [1.165, 1.54) is 3.57 Å². The highest BCUT2D eigenvalue weighted by atomic mass is 127. The molecule has 2 rings (SSSR count). The second-order valence-electron chi connectivity index (χ2n) is 3.18. The van der Waals surface area contributed by atoms with E-state index in [0.29, 0.717) is 0 Å². The maximum atomic E-state index is 5.57. The number of benzene rings is 1. The average Bonchev–Trinajstić information content (AvgIpc) is 2.75. The average molecular weight is 314 g/mol. The molecule has 0 radical (unpaired) electrons. The summed E-state index contributed by atoms with van der Waals surface area (Å²) in [6.45, 7) is 0. The zero-order chi connectivity index (χ0) is 10.7. The summed E-state index contributed by atoms with van der Waals surface area (Å²) in [7, 11) is 0. The molecular formula is C11H11IN2O. The van der Waals surface area contributed by atoms with Gasteiger partial charge in [-0.05, 0) is 40.3 Å². The molecule has 0 aliphatic carbocycles. The van der Waals surface area contributed by atoms with E-state index in [0.717, 1.165) is 11.1 Å². The number of hydrogen-bond donors (Lipinski definition) is 2. The monoisotopic (exact) mass is 314 g/mol. The summed E-state index contributed by atoms with van der Waals surface area (Å²) in [5.41, 5.74) is 4.98. The molecule has 3 N–H and O–H groups in total. The lowest BCUT2D eigenvalue weighted by Gasteiger charge is -2.15. The molecule has 0 fully saturated rings. The zero-order valence-corrected chi connectivity index (χ0v) is 10.1. The first-order chi connectivity index (χ1) is 7.33. The summed E-state index contributed by atoms with van der Waals surface area (Å²) in [6, 6.07) is 10.0. The van der Waals surface area contributed by atoms with Gasteiger partial charge in [-0.1, -0.05) is 18.2 Å². The van der Waals surface area contributed by atoms with Gasteiger partial charge in [-0.3, -0.25) is 5.84 Å². The summed E-state index contributed by atoms with van der Waals surface area (Å²) in [5.74, 6) is 5.57. The standard InChI is InChI=1S/C11H11IN2O/c12-10-4-2-1-3-9(10)11(14-13)8-5-6-15-7-8/h1-7,11,14H,13H2. The second-order valence-corrected chi connectivity index (χ2v) is 4.34. The van der Waals surface area contributed by atoms with Crippen LogP contribution in [0.1, 0.15) is 17.2 Å². The Labute approximate surface area is 102 Å². The van der Waals surface area contributed by atoms with Crippen LogP contribution in [0.2, 0.25) is 0 Å². The first-order valence-electron chi connectivity index (χ1n) is 4.55. The van der Waals surface area contributed by atoms with E-state index in [1.54, 1.807) is 12.5 Å². The Bertz CT molecular complexity index is 428. The highest BCUT2D eigenvalue weighted by molar-refractivity contribution is 14.1. The van der Waals surface area contributed by atoms with Crippen LogP contribution in [0.15, 0.2) is 47.3 Å². The Morgan fingerprint density at radius 2 is 2.07 bits per heavy atom. The summed E-state index contributed by atoms with van der Waals surface area (Å²) in [4.78, 5) is 0. The SMILES string of the molecule is NNC(c1ccoc1)c1ccccc1I. The molecule has 4 heteroatoms. The summed E-state index contributed by atoms with van der Waals surface area (Å²) >= 11 is 2.30. The maximum absolute atomic E-state index is 5.57. The molecule has 1 heterocycles. The normalized spacial score (nSPS) is 12.7. The smallest absolute Gasteiger partial charge is 0.0954 e. The number of nitrogens with two attached hydrogens (primary N) is 1. The number of furan rings is 1. The molecule has 0 spiro atoms. The fourth-order valence-corrected chi connectivity index (χ4v) is 2.21. The van der Waals surface area contributed by atoms with Crippen molar-refractivity contribution in [2.45, 2.75) is 6.04 Å². The number of nitrogens with one attached hydrogen (secondary N) is 1. The first kappa shape index (κ1) is 10.7. The molecular weight excluding hydrogens is 303 g/mol. The number of hydrogen-bond acceptors (Lipinski definition) is 3. The van der Waals surface area contributed by atoms with Gasteiger partial charge in [0.05, 0.1) is 18.6 Å². The summed E-state index contributed by atoms with van der Waals surface area (Å²) < 4.78 is 6.24. The van der Waals surface area contributed by atoms with Crippen LogP contribution in [0.5, 0.6) is 0 Å². The zero-order valence-electron chi connectivity index (χ0n) is 7.98. The number of halogens is 1. The third-order valence-corrected chi connectivity index (χ3v) is 3.24. The molecule has 1 atom stereocenters. The van der Waals surface area contributed by atoms with Crippen molar-refractivity contribution >= 4 is 22.6 Å². The predicted octanol–water partition coefficient (Wildman–Crippen LogP) is 2.44. The van der Waals surface area contributed by atoms with Gasteiger partial charge < -0.3 is 4.42 Å². The lowest BCUT2D eigenvalue weighted by Crippen LogP contribution is -2.29. The van der Waals surface area contributed by atoms with Gasteiger partial charge in [-0.15, -0.1) is 0 Å². The van der Waals surface area contributed by atoms with E-state index in [9.17, 15) is 0 Å². The molecule has 0 saturated heterocycles. The van der Waals surface area contributed by atoms with E-state index in [1.807, 2.05) is 18.2 Å². The highest BCUT2D eigenvalue weighted by Crippen LogP contribution is 2.25. The van der Waals surface area contributed by atoms with Crippen molar-refractivity contribution in [2.24, 2.45) is 5.84 Å². The van der Waals surface area contributed by atoms with Crippen molar-refractivity contribution < 1.29 is 4.42 Å². The maximum Gasteiger partial charge on any atom is 0.0954 e. The molecule has 15 heavy (non-hydrogen) atoms. The third-order valence-electron chi connectivity index (χ3n) is 2.26. The highest BCUT2D eigenvalue weighted by Gasteiger charge is 2.15. The van der Waals surface area contributed by atoms with Crippen LogP contribution in [0, 0.1) is 3.57 Å². The van der Waals surface area contributed by atoms with Crippen LogP contribution in [-0.2, 0) is 0 Å². The number of hydrazine groups is 1. The van der Waals surface area contributed by atoms with Crippen molar-refractivity contribution in [1.82, 2.24) is 5.43 Å². The van der Waals surface area contributed by atoms with Gasteiger partial charge in [-0.25, -0.2) is 5.43 Å². The molecule has 0 bridgehead atoms. The van der Waals surface area contributed by atoms with Crippen molar-refractivity contribution in [2.75, 3.05) is 0 Å². The van der Waals surface area contributed by atoms with Crippen molar-refractivity contribution in [3.05, 3.63) is 57.6 Å². The molecule has 1 aromatic carbocycles. The van der Waals surface area contributed by atoms with Crippen LogP contribution in [0.25, 0.3) is 0 Å². The van der Waals surface area contributed by atoms with E-state index in [4.69, 9.17) is 10.3 Å². The van der Waals surface area contributed by atoms with Crippen LogP contribution < -0.4 is 11.3 Å². The van der Waals surface area contributed by atoms with Crippen molar-refractivity contribution in [3.63, 3.8) is 0 Å².